The zero-order valence-corrected chi connectivity index (χ0v) is 46.3. The molecule has 0 heterocycles. The van der Waals surface area contributed by atoms with E-state index in [0.717, 1.165) is 51.4 Å². The van der Waals surface area contributed by atoms with Gasteiger partial charge >= 0.3 is 0 Å². The van der Waals surface area contributed by atoms with Gasteiger partial charge in [-0.2, -0.15) is 0 Å². The highest BCUT2D eigenvalue weighted by Crippen LogP contribution is 2.38. The lowest BCUT2D eigenvalue weighted by Crippen LogP contribution is -2.46. The number of hydrogen-bond acceptors (Lipinski definition) is 6. The van der Waals surface area contributed by atoms with Crippen LogP contribution in [0.3, 0.4) is 0 Å². The number of amides is 1. The topological polar surface area (TPSA) is 108 Å². The minimum atomic E-state index is -4.57. The highest BCUT2D eigenvalue weighted by atomic mass is 31.2. The Bertz CT molecular complexity index is 1140. The number of aliphatic hydroxyl groups is 1. The summed E-state index contributed by atoms with van der Waals surface area (Å²) in [5, 5.41) is 14.0. The SMILES string of the molecule is CC/C=C\C/C=C\CCCCCCCCCCCCCCCCC(=O)NC(COP(=O)([O-])OCC[N+](C)(C)C)C(O)CCCCCCCCCCCCCCCCCCCCCCCCCC. The maximum Gasteiger partial charge on any atom is 0.268 e. The third-order valence-corrected chi connectivity index (χ3v) is 14.4. The summed E-state index contributed by atoms with van der Waals surface area (Å²) in [7, 11) is 1.32. The van der Waals surface area contributed by atoms with Crippen LogP contribution in [0.5, 0.6) is 0 Å². The fraction of sp³-hybridized carbons (Fsp3) is 0.914. The van der Waals surface area contributed by atoms with Crippen LogP contribution in [0.1, 0.15) is 290 Å². The molecular weight excluding hydrogens is 852 g/mol. The predicted molar refractivity (Wildman–Crippen MR) is 289 cm³/mol. The van der Waals surface area contributed by atoms with Gasteiger partial charge in [-0.25, -0.2) is 0 Å². The van der Waals surface area contributed by atoms with E-state index in [0.29, 0.717) is 23.9 Å². The molecule has 0 aliphatic carbocycles. The van der Waals surface area contributed by atoms with Crippen LogP contribution < -0.4 is 10.2 Å². The summed E-state index contributed by atoms with van der Waals surface area (Å²) in [6.45, 7) is 4.66. The molecule has 0 spiro atoms. The largest absolute Gasteiger partial charge is 0.756 e. The molecule has 8 nitrogen and oxygen atoms in total. The lowest BCUT2D eigenvalue weighted by atomic mass is 10.0. The molecule has 0 fully saturated rings. The van der Waals surface area contributed by atoms with Crippen molar-refractivity contribution in [3.8, 4) is 0 Å². The molecule has 0 aliphatic heterocycles. The van der Waals surface area contributed by atoms with Crippen LogP contribution in [0.4, 0.5) is 0 Å². The summed E-state index contributed by atoms with van der Waals surface area (Å²) in [5.74, 6) is -0.161. The molecule has 1 amide bonds. The number of carbonyl (C=O) groups is 1. The van der Waals surface area contributed by atoms with Crippen molar-refractivity contribution < 1.29 is 32.9 Å². The Kier molecular flexibility index (Phi) is 49.2. The number of unbranched alkanes of at least 4 members (excludes halogenated alkanes) is 37. The van der Waals surface area contributed by atoms with Gasteiger partial charge in [0.1, 0.15) is 13.2 Å². The van der Waals surface area contributed by atoms with Crippen LogP contribution >= 0.6 is 7.82 Å². The number of allylic oxidation sites excluding steroid dienone is 4. The van der Waals surface area contributed by atoms with Crippen LogP contribution in [0.15, 0.2) is 24.3 Å². The Morgan fingerprint density at radius 3 is 1.31 bits per heavy atom. The van der Waals surface area contributed by atoms with Crippen LogP contribution in [0.25, 0.3) is 0 Å². The molecule has 0 saturated heterocycles. The van der Waals surface area contributed by atoms with Gasteiger partial charge < -0.3 is 28.8 Å². The molecule has 0 aromatic heterocycles. The predicted octanol–water partition coefficient (Wildman–Crippen LogP) is 17.0. The fourth-order valence-electron chi connectivity index (χ4n) is 8.90. The summed E-state index contributed by atoms with van der Waals surface area (Å²) in [4.78, 5) is 25.5. The van der Waals surface area contributed by atoms with E-state index in [2.05, 4.69) is 43.5 Å². The van der Waals surface area contributed by atoms with E-state index in [1.165, 1.54) is 212 Å². The number of phosphoric acid groups is 1. The molecule has 2 N–H and O–H groups in total. The second-order valence-electron chi connectivity index (χ2n) is 21.3. The van der Waals surface area contributed by atoms with Gasteiger partial charge in [0, 0.05) is 6.42 Å². The van der Waals surface area contributed by atoms with Crippen molar-refractivity contribution in [1.29, 1.82) is 0 Å². The molecular formula is C58H115N2O6P. The highest BCUT2D eigenvalue weighted by Gasteiger charge is 2.24. The Morgan fingerprint density at radius 2 is 0.910 bits per heavy atom. The maximum atomic E-state index is 13.0. The summed E-state index contributed by atoms with van der Waals surface area (Å²) < 4.78 is 23.4. The van der Waals surface area contributed by atoms with Crippen molar-refractivity contribution in [3.05, 3.63) is 24.3 Å². The molecule has 0 aromatic carbocycles. The summed E-state index contributed by atoms with van der Waals surface area (Å²) in [6.07, 6.45) is 62.1. The van der Waals surface area contributed by atoms with Gasteiger partial charge in [-0.05, 0) is 38.5 Å². The molecule has 9 heteroatoms. The number of quaternary nitrogens is 1. The molecule has 67 heavy (non-hydrogen) atoms. The van der Waals surface area contributed by atoms with E-state index in [4.69, 9.17) is 9.05 Å². The number of rotatable bonds is 54. The first-order valence-corrected chi connectivity index (χ1v) is 30.6. The number of nitrogens with zero attached hydrogens (tertiary/aromatic N) is 1. The lowest BCUT2D eigenvalue weighted by Gasteiger charge is -2.30. The Labute approximate surface area is 417 Å². The number of carbonyl (C=O) groups excluding carboxylic acids is 1. The van der Waals surface area contributed by atoms with E-state index in [1.807, 2.05) is 21.1 Å². The Hall–Kier alpha value is -1.02. The van der Waals surface area contributed by atoms with Crippen molar-refractivity contribution in [2.75, 3.05) is 40.9 Å². The average molecular weight is 968 g/mol. The smallest absolute Gasteiger partial charge is 0.268 e. The molecule has 0 saturated carbocycles. The van der Waals surface area contributed by atoms with Crippen LogP contribution in [-0.4, -0.2) is 68.5 Å². The van der Waals surface area contributed by atoms with Gasteiger partial charge in [0.05, 0.1) is 39.9 Å². The van der Waals surface area contributed by atoms with Crippen LogP contribution in [-0.2, 0) is 18.4 Å². The number of phosphoric ester groups is 1. The van der Waals surface area contributed by atoms with Crippen molar-refractivity contribution in [2.24, 2.45) is 0 Å². The molecule has 0 bridgehead atoms. The first kappa shape index (κ1) is 66.0. The van der Waals surface area contributed by atoms with E-state index < -0.39 is 20.0 Å². The minimum Gasteiger partial charge on any atom is -0.756 e. The summed E-state index contributed by atoms with van der Waals surface area (Å²) >= 11 is 0. The summed E-state index contributed by atoms with van der Waals surface area (Å²) in [5.41, 5.74) is 0. The van der Waals surface area contributed by atoms with Gasteiger partial charge in [0.15, 0.2) is 0 Å². The third-order valence-electron chi connectivity index (χ3n) is 13.5. The Balaban J connectivity index is 4.13. The first-order chi connectivity index (χ1) is 32.5. The van der Waals surface area contributed by atoms with E-state index >= 15 is 0 Å². The highest BCUT2D eigenvalue weighted by molar-refractivity contribution is 7.45. The number of nitrogens with one attached hydrogen (secondary N) is 1. The van der Waals surface area contributed by atoms with Crippen molar-refractivity contribution >= 4 is 13.7 Å². The number of aliphatic hydroxyl groups excluding tert-OH is 1. The third kappa shape index (κ3) is 52.6. The van der Waals surface area contributed by atoms with Gasteiger partial charge in [-0.1, -0.05) is 269 Å². The quantitative estimate of drug-likeness (QED) is 0.0272. The summed E-state index contributed by atoms with van der Waals surface area (Å²) in [6, 6.07) is -0.799. The number of likely N-dealkylation sites (N-methyl/N-ethyl adjacent to an activating group) is 1. The molecule has 3 unspecified atom stereocenters. The normalized spacial score (nSPS) is 14.1. The Morgan fingerprint density at radius 1 is 0.537 bits per heavy atom. The van der Waals surface area contributed by atoms with Crippen molar-refractivity contribution in [3.63, 3.8) is 0 Å². The van der Waals surface area contributed by atoms with Crippen molar-refractivity contribution in [1.82, 2.24) is 5.32 Å². The van der Waals surface area contributed by atoms with Gasteiger partial charge in [-0.15, -0.1) is 0 Å². The fourth-order valence-corrected chi connectivity index (χ4v) is 9.63. The molecule has 0 aromatic rings. The zero-order valence-electron chi connectivity index (χ0n) is 45.4. The second-order valence-corrected chi connectivity index (χ2v) is 22.7. The molecule has 398 valence electrons. The lowest BCUT2D eigenvalue weighted by molar-refractivity contribution is -0.870. The van der Waals surface area contributed by atoms with Gasteiger partial charge in [-0.3, -0.25) is 9.36 Å². The average Bonchev–Trinajstić information content (AvgIpc) is 3.29. The zero-order chi connectivity index (χ0) is 49.2. The molecule has 0 radical (unpaired) electrons. The maximum absolute atomic E-state index is 13.0. The number of hydrogen-bond donors (Lipinski definition) is 2. The van der Waals surface area contributed by atoms with E-state index in [-0.39, 0.29) is 19.1 Å². The van der Waals surface area contributed by atoms with Gasteiger partial charge in [0.25, 0.3) is 7.82 Å². The molecule has 3 atom stereocenters. The first-order valence-electron chi connectivity index (χ1n) is 29.2. The second kappa shape index (κ2) is 49.9. The van der Waals surface area contributed by atoms with Crippen LogP contribution in [0.2, 0.25) is 0 Å². The van der Waals surface area contributed by atoms with E-state index in [9.17, 15) is 19.4 Å². The molecule has 0 rings (SSSR count). The standard InChI is InChI=1S/C58H115N2O6P/c1-6-8-10-12-14-16-18-20-22-24-26-28-29-30-32-33-35-37-39-41-43-45-47-49-51-57(61)56(55-66-67(63,64)65-54-53-60(3,4)5)59-58(62)52-50-48-46-44-42-40-38-36-34-31-27-25-23-21-19-17-15-13-11-9-7-2/h9,11,15,17,56-57,61H,6-8,10,12-14,16,18-55H2,1-5H3,(H-,59,62,63,64)/b11-9-,17-15-. The van der Waals surface area contributed by atoms with Gasteiger partial charge in [0.2, 0.25) is 5.91 Å². The van der Waals surface area contributed by atoms with Crippen LogP contribution in [0, 0.1) is 0 Å². The molecule has 0 aliphatic rings. The van der Waals surface area contributed by atoms with Crippen molar-refractivity contribution in [2.45, 2.75) is 302 Å². The monoisotopic (exact) mass is 967 g/mol. The minimum absolute atomic E-state index is 0.0140. The van der Waals surface area contributed by atoms with E-state index in [1.54, 1.807) is 0 Å².